The minimum absolute atomic E-state index is 0.00588. The summed E-state index contributed by atoms with van der Waals surface area (Å²) < 4.78 is 63.7. The summed E-state index contributed by atoms with van der Waals surface area (Å²) >= 11 is 0. The van der Waals surface area contributed by atoms with Crippen LogP contribution in [0, 0.1) is 17.7 Å². The molecule has 214 valence electrons. The first-order chi connectivity index (χ1) is 18.5. The van der Waals surface area contributed by atoms with Gasteiger partial charge in [0.05, 0.1) is 37.6 Å². The molecule has 1 aliphatic heterocycles. The number of carbonyl (C=O) groups is 2. The summed E-state index contributed by atoms with van der Waals surface area (Å²) in [6.45, 7) is 2.01. The monoisotopic (exact) mass is 555 g/mol. The summed E-state index contributed by atoms with van der Waals surface area (Å²) in [6.07, 6.45) is -1.88. The first-order valence-electron chi connectivity index (χ1n) is 13.0. The standard InChI is InChI=1S/C26H33F4N5O4/c1-14-8-15(24(36)32-17-6-4-16(5-7-17)26(28,29)30)9-18(13-38-2)35(14)25(37)22-11-21(33-34-22)19-10-23(39-3)31-12-20(19)27/h10-12,14-18H,4-9,13H2,1-3H3,(H,32,36)(H,33,34)/t14?,15?,16-,17+,18?. The number of piperidine rings is 1. The van der Waals surface area contributed by atoms with Crippen LogP contribution in [0.15, 0.2) is 18.3 Å². The number of aromatic nitrogens is 3. The molecular formula is C26H33F4N5O4. The number of aromatic amines is 1. The van der Waals surface area contributed by atoms with Crippen LogP contribution in [-0.4, -0.2) is 77.0 Å². The van der Waals surface area contributed by atoms with Crippen LogP contribution in [0.1, 0.15) is 55.9 Å². The van der Waals surface area contributed by atoms with E-state index < -0.39 is 35.8 Å². The topological polar surface area (TPSA) is 109 Å². The lowest BCUT2D eigenvalue weighted by Gasteiger charge is -2.43. The Hall–Kier alpha value is -3.22. The molecular weight excluding hydrogens is 522 g/mol. The van der Waals surface area contributed by atoms with Gasteiger partial charge in [-0.05, 0) is 51.5 Å². The zero-order valence-electron chi connectivity index (χ0n) is 22.1. The molecule has 0 aromatic carbocycles. The van der Waals surface area contributed by atoms with Crippen LogP contribution >= 0.6 is 0 Å². The van der Waals surface area contributed by atoms with E-state index in [0.29, 0.717) is 12.8 Å². The van der Waals surface area contributed by atoms with Crippen molar-refractivity contribution in [1.82, 2.24) is 25.4 Å². The number of methoxy groups -OCH3 is 2. The van der Waals surface area contributed by atoms with Crippen LogP contribution in [0.25, 0.3) is 11.3 Å². The van der Waals surface area contributed by atoms with Crippen molar-refractivity contribution >= 4 is 11.8 Å². The van der Waals surface area contributed by atoms with E-state index in [1.54, 1.807) is 4.90 Å². The number of alkyl halides is 3. The maximum absolute atomic E-state index is 14.4. The molecule has 3 heterocycles. The fraction of sp³-hybridized carbons (Fsp3) is 0.615. The lowest BCUT2D eigenvalue weighted by atomic mass is 9.83. The van der Waals surface area contributed by atoms with Gasteiger partial charge in [0.25, 0.3) is 5.91 Å². The van der Waals surface area contributed by atoms with Gasteiger partial charge in [-0.25, -0.2) is 9.37 Å². The molecule has 2 fully saturated rings. The van der Waals surface area contributed by atoms with Gasteiger partial charge in [0.2, 0.25) is 11.8 Å². The molecule has 39 heavy (non-hydrogen) atoms. The van der Waals surface area contributed by atoms with E-state index in [4.69, 9.17) is 9.47 Å². The third-order valence-electron chi connectivity index (χ3n) is 7.68. The fourth-order valence-corrected chi connectivity index (χ4v) is 5.67. The van der Waals surface area contributed by atoms with Gasteiger partial charge in [0, 0.05) is 36.7 Å². The Kier molecular flexibility index (Phi) is 8.77. The molecule has 0 bridgehead atoms. The van der Waals surface area contributed by atoms with Crippen molar-refractivity contribution in [3.8, 4) is 17.1 Å². The number of H-pyrrole nitrogens is 1. The number of hydrogen-bond donors (Lipinski definition) is 2. The van der Waals surface area contributed by atoms with Crippen LogP contribution in [0.2, 0.25) is 0 Å². The van der Waals surface area contributed by atoms with Gasteiger partial charge in [-0.2, -0.15) is 18.3 Å². The number of halogens is 4. The van der Waals surface area contributed by atoms with E-state index in [0.717, 1.165) is 6.20 Å². The molecule has 2 aromatic rings. The maximum atomic E-state index is 14.4. The van der Waals surface area contributed by atoms with Crippen molar-refractivity contribution in [1.29, 1.82) is 0 Å². The van der Waals surface area contributed by atoms with Crippen LogP contribution < -0.4 is 10.1 Å². The molecule has 1 saturated carbocycles. The predicted molar refractivity (Wildman–Crippen MR) is 132 cm³/mol. The maximum Gasteiger partial charge on any atom is 0.391 e. The average Bonchev–Trinajstić information content (AvgIpc) is 3.38. The van der Waals surface area contributed by atoms with Gasteiger partial charge in [-0.3, -0.25) is 14.7 Å². The molecule has 0 radical (unpaired) electrons. The Bertz CT molecular complexity index is 1170. The van der Waals surface area contributed by atoms with Crippen molar-refractivity contribution in [2.75, 3.05) is 20.8 Å². The zero-order chi connectivity index (χ0) is 28.3. The van der Waals surface area contributed by atoms with Crippen molar-refractivity contribution in [2.45, 2.75) is 69.8 Å². The first-order valence-corrected chi connectivity index (χ1v) is 13.0. The third-order valence-corrected chi connectivity index (χ3v) is 7.68. The van der Waals surface area contributed by atoms with E-state index in [1.807, 2.05) is 6.92 Å². The summed E-state index contributed by atoms with van der Waals surface area (Å²) in [5.74, 6) is -2.74. The third kappa shape index (κ3) is 6.51. The average molecular weight is 556 g/mol. The lowest BCUT2D eigenvalue weighted by molar-refractivity contribution is -0.182. The normalized spacial score (nSPS) is 25.8. The molecule has 2 aromatic heterocycles. The van der Waals surface area contributed by atoms with Gasteiger partial charge in [-0.1, -0.05) is 0 Å². The van der Waals surface area contributed by atoms with Gasteiger partial charge in [0.15, 0.2) is 11.5 Å². The van der Waals surface area contributed by atoms with Crippen molar-refractivity contribution < 1.29 is 36.6 Å². The van der Waals surface area contributed by atoms with Crippen LogP contribution in [-0.2, 0) is 9.53 Å². The number of amides is 2. The summed E-state index contributed by atoms with van der Waals surface area (Å²) in [5.41, 5.74) is 0.508. The van der Waals surface area contributed by atoms with Crippen molar-refractivity contribution in [3.63, 3.8) is 0 Å². The number of pyridine rings is 1. The predicted octanol–water partition coefficient (Wildman–Crippen LogP) is 4.11. The van der Waals surface area contributed by atoms with Gasteiger partial charge >= 0.3 is 6.18 Å². The molecule has 4 rings (SSSR count). The second-order valence-electron chi connectivity index (χ2n) is 10.3. The van der Waals surface area contributed by atoms with Gasteiger partial charge in [0.1, 0.15) is 0 Å². The second kappa shape index (κ2) is 11.9. The lowest BCUT2D eigenvalue weighted by Crippen LogP contribution is -2.55. The highest BCUT2D eigenvalue weighted by Crippen LogP contribution is 2.38. The summed E-state index contributed by atoms with van der Waals surface area (Å²) in [7, 11) is 2.91. The highest BCUT2D eigenvalue weighted by atomic mass is 19.4. The number of likely N-dealkylation sites (tertiary alicyclic amines) is 1. The molecule has 2 N–H and O–H groups in total. The molecule has 3 atom stereocenters. The molecule has 2 aliphatic rings. The zero-order valence-corrected chi connectivity index (χ0v) is 22.1. The molecule has 3 unspecified atom stereocenters. The minimum atomic E-state index is -4.20. The number of rotatable bonds is 7. The van der Waals surface area contributed by atoms with E-state index >= 15 is 0 Å². The Labute approximate surface area is 223 Å². The smallest absolute Gasteiger partial charge is 0.391 e. The summed E-state index contributed by atoms with van der Waals surface area (Å²) in [5, 5.41) is 9.73. The Morgan fingerprint density at radius 2 is 1.87 bits per heavy atom. The molecule has 13 heteroatoms. The van der Waals surface area contributed by atoms with E-state index in [-0.39, 0.29) is 73.1 Å². The number of hydrogen-bond acceptors (Lipinski definition) is 6. The van der Waals surface area contributed by atoms with Crippen LogP contribution in [0.3, 0.4) is 0 Å². The Morgan fingerprint density at radius 3 is 2.51 bits per heavy atom. The van der Waals surface area contributed by atoms with Gasteiger partial charge in [-0.15, -0.1) is 0 Å². The van der Waals surface area contributed by atoms with Gasteiger partial charge < -0.3 is 19.7 Å². The minimum Gasteiger partial charge on any atom is -0.481 e. The van der Waals surface area contributed by atoms with Crippen molar-refractivity contribution in [3.05, 3.63) is 29.8 Å². The largest absolute Gasteiger partial charge is 0.481 e. The molecule has 1 saturated heterocycles. The van der Waals surface area contributed by atoms with Crippen molar-refractivity contribution in [2.24, 2.45) is 11.8 Å². The number of nitrogens with zero attached hydrogens (tertiary/aromatic N) is 3. The molecule has 0 spiro atoms. The number of nitrogens with one attached hydrogen (secondary N) is 2. The number of carbonyl (C=O) groups excluding carboxylic acids is 2. The fourth-order valence-electron chi connectivity index (χ4n) is 5.67. The SMILES string of the molecule is COCC1CC(C(=O)N[C@H]2CC[C@@H](C(F)(F)F)CC2)CC(C)N1C(=O)c1cc(-c2cc(OC)ncc2F)[nH]n1. The Balaban J connectivity index is 1.43. The van der Waals surface area contributed by atoms with Crippen LogP contribution in [0.4, 0.5) is 17.6 Å². The van der Waals surface area contributed by atoms with E-state index in [1.165, 1.54) is 26.4 Å². The molecule has 1 aliphatic carbocycles. The van der Waals surface area contributed by atoms with E-state index in [9.17, 15) is 27.2 Å². The first kappa shape index (κ1) is 28.8. The van der Waals surface area contributed by atoms with E-state index in [2.05, 4.69) is 20.5 Å². The second-order valence-corrected chi connectivity index (χ2v) is 10.3. The molecule has 2 amide bonds. The van der Waals surface area contributed by atoms with Crippen LogP contribution in [0.5, 0.6) is 5.88 Å². The highest BCUT2D eigenvalue weighted by Gasteiger charge is 2.43. The quantitative estimate of drug-likeness (QED) is 0.498. The highest BCUT2D eigenvalue weighted by molar-refractivity contribution is 5.94. The molecule has 9 nitrogen and oxygen atoms in total. The number of ether oxygens (including phenoxy) is 2. The summed E-state index contributed by atoms with van der Waals surface area (Å²) in [6, 6.07) is 1.78. The summed E-state index contributed by atoms with van der Waals surface area (Å²) in [4.78, 5) is 32.0. The Morgan fingerprint density at radius 1 is 1.15 bits per heavy atom.